The molecule has 0 heterocycles. The molecule has 2 unspecified atom stereocenters. The van der Waals surface area contributed by atoms with E-state index in [0.29, 0.717) is 13.1 Å². The fourth-order valence-corrected chi connectivity index (χ4v) is 1.58. The molecule has 0 aliphatic carbocycles. The Hall–Kier alpha value is -0.600. The molecule has 0 aliphatic heterocycles. The van der Waals surface area contributed by atoms with Crippen molar-refractivity contribution in [3.8, 4) is 11.8 Å². The number of nitrogens with zero attached hydrogens (tertiary/aromatic N) is 2. The van der Waals surface area contributed by atoms with Gasteiger partial charge in [-0.15, -0.1) is 0 Å². The van der Waals surface area contributed by atoms with Crippen LogP contribution in [0.4, 0.5) is 0 Å². The molecular formula is C12H24N2O2. The first-order chi connectivity index (χ1) is 7.04. The highest BCUT2D eigenvalue weighted by Crippen LogP contribution is 2.06. The zero-order valence-corrected chi connectivity index (χ0v) is 11.2. The molecule has 2 N–H and O–H groups in total. The molecule has 94 valence electrons. The van der Waals surface area contributed by atoms with Gasteiger partial charge >= 0.3 is 0 Å². The van der Waals surface area contributed by atoms with Gasteiger partial charge in [-0.05, 0) is 42.0 Å². The van der Waals surface area contributed by atoms with E-state index < -0.39 is 11.2 Å². The topological polar surface area (TPSA) is 46.9 Å². The second-order valence-electron chi connectivity index (χ2n) is 5.27. The second-order valence-corrected chi connectivity index (χ2v) is 5.27. The van der Waals surface area contributed by atoms with Crippen LogP contribution in [0.25, 0.3) is 0 Å². The van der Waals surface area contributed by atoms with Crippen LogP contribution >= 0.6 is 0 Å². The van der Waals surface area contributed by atoms with Crippen molar-refractivity contribution in [2.45, 2.75) is 25.0 Å². The minimum atomic E-state index is -1.10. The number of aliphatic hydroxyl groups is 2. The van der Waals surface area contributed by atoms with E-state index in [2.05, 4.69) is 11.8 Å². The Morgan fingerprint density at radius 3 is 1.25 bits per heavy atom. The van der Waals surface area contributed by atoms with Gasteiger partial charge in [-0.2, -0.15) is 0 Å². The van der Waals surface area contributed by atoms with E-state index in [4.69, 9.17) is 0 Å². The second kappa shape index (κ2) is 5.65. The summed E-state index contributed by atoms with van der Waals surface area (Å²) in [6.07, 6.45) is 0. The van der Waals surface area contributed by atoms with Crippen molar-refractivity contribution in [3.05, 3.63) is 0 Å². The largest absolute Gasteiger partial charge is 0.377 e. The summed E-state index contributed by atoms with van der Waals surface area (Å²) in [5.41, 5.74) is -2.19. The first-order valence-corrected chi connectivity index (χ1v) is 5.33. The Morgan fingerprint density at radius 2 is 1.06 bits per heavy atom. The molecule has 16 heavy (non-hydrogen) atoms. The summed E-state index contributed by atoms with van der Waals surface area (Å²) in [6, 6.07) is 0. The zero-order valence-electron chi connectivity index (χ0n) is 11.2. The van der Waals surface area contributed by atoms with E-state index in [9.17, 15) is 10.2 Å². The van der Waals surface area contributed by atoms with Crippen molar-refractivity contribution in [3.63, 3.8) is 0 Å². The first-order valence-electron chi connectivity index (χ1n) is 5.33. The van der Waals surface area contributed by atoms with Gasteiger partial charge in [0.2, 0.25) is 0 Å². The van der Waals surface area contributed by atoms with Crippen molar-refractivity contribution >= 4 is 0 Å². The molecular weight excluding hydrogens is 204 g/mol. The number of likely N-dealkylation sites (N-methyl/N-ethyl adjacent to an activating group) is 2. The van der Waals surface area contributed by atoms with Crippen LogP contribution < -0.4 is 0 Å². The molecule has 0 aromatic carbocycles. The van der Waals surface area contributed by atoms with E-state index in [1.165, 1.54) is 0 Å². The van der Waals surface area contributed by atoms with Crippen molar-refractivity contribution < 1.29 is 10.2 Å². The summed E-state index contributed by atoms with van der Waals surface area (Å²) < 4.78 is 0. The predicted octanol–water partition coefficient (Wildman–Crippen LogP) is -0.385. The Balaban J connectivity index is 4.57. The Morgan fingerprint density at radius 1 is 0.812 bits per heavy atom. The van der Waals surface area contributed by atoms with Gasteiger partial charge in [0.25, 0.3) is 0 Å². The fraction of sp³-hybridized carbons (Fsp3) is 0.833. The molecule has 0 spiro atoms. The smallest absolute Gasteiger partial charge is 0.135 e. The lowest BCUT2D eigenvalue weighted by molar-refractivity contribution is 0.0782. The van der Waals surface area contributed by atoms with Crippen LogP contribution in [0.2, 0.25) is 0 Å². The monoisotopic (exact) mass is 228 g/mol. The molecule has 4 heteroatoms. The average Bonchev–Trinajstić information content (AvgIpc) is 1.96. The van der Waals surface area contributed by atoms with Crippen LogP contribution in [0.15, 0.2) is 0 Å². The van der Waals surface area contributed by atoms with Crippen molar-refractivity contribution in [1.82, 2.24) is 9.80 Å². The molecule has 0 radical (unpaired) electrons. The maximum Gasteiger partial charge on any atom is 0.135 e. The number of rotatable bonds is 4. The molecule has 0 aliphatic rings. The molecule has 0 amide bonds. The molecule has 0 aromatic heterocycles. The van der Waals surface area contributed by atoms with Gasteiger partial charge in [0.15, 0.2) is 0 Å². The van der Waals surface area contributed by atoms with Crippen LogP contribution in [0.3, 0.4) is 0 Å². The van der Waals surface area contributed by atoms with E-state index >= 15 is 0 Å². The zero-order chi connectivity index (χ0) is 13.0. The Labute approximate surface area is 98.9 Å². The number of hydrogen-bond donors (Lipinski definition) is 2. The summed E-state index contributed by atoms with van der Waals surface area (Å²) >= 11 is 0. The SMILES string of the molecule is CN(C)CC(C)(O)C#CC(C)(O)CN(C)C. The van der Waals surface area contributed by atoms with Gasteiger partial charge in [0.1, 0.15) is 11.2 Å². The normalized spacial score (nSPS) is 18.9. The van der Waals surface area contributed by atoms with Crippen LogP contribution in [-0.4, -0.2) is 72.5 Å². The highest BCUT2D eigenvalue weighted by Gasteiger charge is 2.22. The summed E-state index contributed by atoms with van der Waals surface area (Å²) in [4.78, 5) is 3.71. The lowest BCUT2D eigenvalue weighted by atomic mass is 10.0. The summed E-state index contributed by atoms with van der Waals surface area (Å²) in [5.74, 6) is 5.45. The maximum absolute atomic E-state index is 9.94. The van der Waals surface area contributed by atoms with Gasteiger partial charge in [-0.1, -0.05) is 11.8 Å². The molecule has 0 rings (SSSR count). The molecule has 0 fully saturated rings. The summed E-state index contributed by atoms with van der Waals surface area (Å²) in [6.45, 7) is 4.17. The Bertz CT molecular complexity index is 246. The van der Waals surface area contributed by atoms with Gasteiger partial charge in [-0.25, -0.2) is 0 Å². The maximum atomic E-state index is 9.94. The third kappa shape index (κ3) is 7.66. The van der Waals surface area contributed by atoms with Crippen molar-refractivity contribution in [2.24, 2.45) is 0 Å². The van der Waals surface area contributed by atoms with Gasteiger partial charge < -0.3 is 20.0 Å². The van der Waals surface area contributed by atoms with Gasteiger partial charge in [0.05, 0.1) is 0 Å². The highest BCUT2D eigenvalue weighted by molar-refractivity contribution is 5.20. The third-order valence-corrected chi connectivity index (χ3v) is 1.85. The van der Waals surface area contributed by atoms with Crippen molar-refractivity contribution in [1.29, 1.82) is 0 Å². The standard InChI is InChI=1S/C12H24N2O2/c1-11(15,9-13(3)4)7-8-12(2,16)10-14(5)6/h15-16H,9-10H2,1-6H3. The lowest BCUT2D eigenvalue weighted by Gasteiger charge is -2.24. The predicted molar refractivity (Wildman–Crippen MR) is 66.1 cm³/mol. The lowest BCUT2D eigenvalue weighted by Crippen LogP contribution is -2.39. The van der Waals surface area contributed by atoms with Crippen LogP contribution in [-0.2, 0) is 0 Å². The minimum Gasteiger partial charge on any atom is -0.377 e. The molecule has 0 saturated carbocycles. The number of hydrogen-bond acceptors (Lipinski definition) is 4. The fourth-order valence-electron chi connectivity index (χ4n) is 1.58. The summed E-state index contributed by atoms with van der Waals surface area (Å²) in [5, 5.41) is 19.9. The van der Waals surface area contributed by atoms with E-state index in [1.807, 2.05) is 38.0 Å². The first kappa shape index (κ1) is 15.4. The average molecular weight is 228 g/mol. The Kier molecular flexibility index (Phi) is 5.43. The molecule has 0 bridgehead atoms. The molecule has 0 aromatic rings. The van der Waals surface area contributed by atoms with E-state index in [0.717, 1.165) is 0 Å². The quantitative estimate of drug-likeness (QED) is 0.644. The van der Waals surface area contributed by atoms with Gasteiger partial charge in [-0.3, -0.25) is 0 Å². The third-order valence-electron chi connectivity index (χ3n) is 1.85. The molecule has 0 saturated heterocycles. The van der Waals surface area contributed by atoms with Crippen LogP contribution in [0.1, 0.15) is 13.8 Å². The molecule has 2 atom stereocenters. The van der Waals surface area contributed by atoms with Crippen LogP contribution in [0, 0.1) is 11.8 Å². The van der Waals surface area contributed by atoms with E-state index in [1.54, 1.807) is 13.8 Å². The highest BCUT2D eigenvalue weighted by atomic mass is 16.3. The summed E-state index contributed by atoms with van der Waals surface area (Å²) in [7, 11) is 7.48. The van der Waals surface area contributed by atoms with Crippen molar-refractivity contribution in [2.75, 3.05) is 41.3 Å². The van der Waals surface area contributed by atoms with Crippen LogP contribution in [0.5, 0.6) is 0 Å². The minimum absolute atomic E-state index is 0.443. The molecule has 4 nitrogen and oxygen atoms in total. The van der Waals surface area contributed by atoms with Gasteiger partial charge in [0, 0.05) is 13.1 Å². The van der Waals surface area contributed by atoms with E-state index in [-0.39, 0.29) is 0 Å².